The van der Waals surface area contributed by atoms with Crippen LogP contribution in [0.1, 0.15) is 35.0 Å². The molecule has 7 nitrogen and oxygen atoms in total. The highest BCUT2D eigenvalue weighted by atomic mass is 16.5. The van der Waals surface area contributed by atoms with Gasteiger partial charge in [0.2, 0.25) is 0 Å². The Labute approximate surface area is 196 Å². The number of aromatic nitrogens is 3. The molecular formula is C27H22N4O3. The number of anilines is 1. The third-order valence-electron chi connectivity index (χ3n) is 5.93. The first-order valence-electron chi connectivity index (χ1n) is 11.2. The summed E-state index contributed by atoms with van der Waals surface area (Å²) in [5.74, 6) is 1.58. The first-order chi connectivity index (χ1) is 16.7. The maximum Gasteiger partial charge on any atom is 0.259 e. The highest BCUT2D eigenvalue weighted by Gasteiger charge is 2.29. The second-order valence-corrected chi connectivity index (χ2v) is 8.33. The van der Waals surface area contributed by atoms with E-state index in [-0.39, 0.29) is 5.91 Å². The van der Waals surface area contributed by atoms with Gasteiger partial charge < -0.3 is 14.5 Å². The van der Waals surface area contributed by atoms with E-state index < -0.39 is 0 Å². The summed E-state index contributed by atoms with van der Waals surface area (Å²) < 4.78 is 13.1. The van der Waals surface area contributed by atoms with Gasteiger partial charge in [-0.3, -0.25) is 4.79 Å². The lowest BCUT2D eigenvalue weighted by molar-refractivity contribution is 0.102. The summed E-state index contributed by atoms with van der Waals surface area (Å²) in [4.78, 5) is 18.1. The first kappa shape index (κ1) is 20.2. The van der Waals surface area contributed by atoms with Crippen molar-refractivity contribution in [1.82, 2.24) is 14.8 Å². The molecule has 3 aromatic carbocycles. The van der Waals surface area contributed by atoms with Gasteiger partial charge in [-0.1, -0.05) is 30.3 Å². The van der Waals surface area contributed by atoms with Crippen LogP contribution in [0.25, 0.3) is 28.0 Å². The zero-order valence-corrected chi connectivity index (χ0v) is 18.6. The molecule has 0 radical (unpaired) electrons. The zero-order chi connectivity index (χ0) is 23.1. The van der Waals surface area contributed by atoms with E-state index in [1.807, 2.05) is 72.8 Å². The van der Waals surface area contributed by atoms with Crippen molar-refractivity contribution in [3.8, 4) is 22.7 Å². The first-order valence-corrected chi connectivity index (χ1v) is 11.2. The number of nitrogens with zero attached hydrogens (tertiary/aromatic N) is 3. The predicted octanol–water partition coefficient (Wildman–Crippen LogP) is 5.82. The molecule has 0 saturated heterocycles. The highest BCUT2D eigenvalue weighted by Crippen LogP contribution is 2.40. The number of rotatable bonds is 6. The van der Waals surface area contributed by atoms with Crippen molar-refractivity contribution in [2.24, 2.45) is 0 Å². The number of benzene rings is 3. The van der Waals surface area contributed by atoms with E-state index >= 15 is 0 Å². The number of hydrogen-bond donors (Lipinski definition) is 1. The number of fused-ring (bicyclic) bond motifs is 1. The molecule has 0 bridgehead atoms. The van der Waals surface area contributed by atoms with Crippen LogP contribution in [0.4, 0.5) is 5.69 Å². The maximum atomic E-state index is 13.5. The van der Waals surface area contributed by atoms with Crippen LogP contribution in [-0.2, 0) is 0 Å². The van der Waals surface area contributed by atoms with Crippen molar-refractivity contribution < 1.29 is 13.9 Å². The number of hydrogen-bond acceptors (Lipinski definition) is 5. The number of carbonyl (C=O) groups excluding carboxylic acids is 1. The lowest BCUT2D eigenvalue weighted by atomic mass is 10.1. The monoisotopic (exact) mass is 450 g/mol. The fourth-order valence-corrected chi connectivity index (χ4v) is 4.02. The summed E-state index contributed by atoms with van der Waals surface area (Å²) in [6.45, 7) is 0. The Morgan fingerprint density at radius 3 is 2.65 bits per heavy atom. The number of para-hydroxylation sites is 2. The number of oxazole rings is 1. The quantitative estimate of drug-likeness (QED) is 0.353. The minimum absolute atomic E-state index is 0.270. The summed E-state index contributed by atoms with van der Waals surface area (Å²) in [6.07, 6.45) is 3.98. The van der Waals surface area contributed by atoms with Crippen LogP contribution in [0, 0.1) is 0 Å². The molecule has 34 heavy (non-hydrogen) atoms. The summed E-state index contributed by atoms with van der Waals surface area (Å²) in [5, 5.41) is 7.75. The van der Waals surface area contributed by atoms with Crippen molar-refractivity contribution >= 4 is 22.7 Å². The van der Waals surface area contributed by atoms with E-state index in [4.69, 9.17) is 14.3 Å². The van der Waals surface area contributed by atoms with Gasteiger partial charge in [0.05, 0.1) is 18.4 Å². The van der Waals surface area contributed by atoms with E-state index in [0.29, 0.717) is 28.6 Å². The number of carbonyl (C=O) groups is 1. The normalized spacial score (nSPS) is 13.2. The van der Waals surface area contributed by atoms with E-state index in [1.165, 1.54) is 0 Å². The van der Waals surface area contributed by atoms with Crippen molar-refractivity contribution in [2.75, 3.05) is 12.4 Å². The smallest absolute Gasteiger partial charge is 0.259 e. The van der Waals surface area contributed by atoms with Crippen LogP contribution in [-0.4, -0.2) is 27.8 Å². The van der Waals surface area contributed by atoms with Gasteiger partial charge in [0.25, 0.3) is 5.91 Å². The molecule has 1 aliphatic rings. The van der Waals surface area contributed by atoms with E-state index in [2.05, 4.69) is 10.3 Å². The molecular weight excluding hydrogens is 428 g/mol. The summed E-state index contributed by atoms with van der Waals surface area (Å²) >= 11 is 0. The number of nitrogens with one attached hydrogen (secondary N) is 1. The van der Waals surface area contributed by atoms with Crippen LogP contribution < -0.4 is 10.1 Å². The molecule has 7 heteroatoms. The lowest BCUT2D eigenvalue weighted by Crippen LogP contribution is -2.12. The molecule has 0 unspecified atom stereocenters. The van der Waals surface area contributed by atoms with Crippen molar-refractivity contribution in [3.05, 3.63) is 90.4 Å². The van der Waals surface area contributed by atoms with Crippen LogP contribution in [0.3, 0.4) is 0 Å². The fraction of sp³-hybridized carbons (Fsp3) is 0.148. The topological polar surface area (TPSA) is 82.2 Å². The van der Waals surface area contributed by atoms with Gasteiger partial charge >= 0.3 is 0 Å². The fourth-order valence-electron chi connectivity index (χ4n) is 4.02. The second kappa shape index (κ2) is 8.19. The molecule has 0 spiro atoms. The van der Waals surface area contributed by atoms with Crippen LogP contribution in [0.5, 0.6) is 5.75 Å². The van der Waals surface area contributed by atoms with Crippen molar-refractivity contribution in [2.45, 2.75) is 18.8 Å². The summed E-state index contributed by atoms with van der Waals surface area (Å²) in [5.41, 5.74) is 4.69. The number of amides is 1. The van der Waals surface area contributed by atoms with Gasteiger partial charge in [-0.25, -0.2) is 9.67 Å². The lowest BCUT2D eigenvalue weighted by Gasteiger charge is -2.08. The molecule has 0 atom stereocenters. The Balaban J connectivity index is 1.38. The van der Waals surface area contributed by atoms with Gasteiger partial charge in [-0.05, 0) is 55.3 Å². The van der Waals surface area contributed by atoms with Gasteiger partial charge in [0.1, 0.15) is 17.0 Å². The molecule has 168 valence electrons. The molecule has 6 rings (SSSR count). The Hall–Kier alpha value is -4.39. The molecule has 5 aromatic rings. The molecule has 1 N–H and O–H groups in total. The number of methoxy groups -OCH3 is 1. The molecule has 1 aliphatic carbocycles. The average molecular weight is 450 g/mol. The molecule has 1 saturated carbocycles. The predicted molar refractivity (Wildman–Crippen MR) is 129 cm³/mol. The Morgan fingerprint density at radius 1 is 1.06 bits per heavy atom. The molecule has 1 fully saturated rings. The zero-order valence-electron chi connectivity index (χ0n) is 18.6. The Morgan fingerprint density at radius 2 is 1.85 bits per heavy atom. The van der Waals surface area contributed by atoms with Crippen molar-refractivity contribution in [3.63, 3.8) is 0 Å². The van der Waals surface area contributed by atoms with Gasteiger partial charge in [0, 0.05) is 23.4 Å². The van der Waals surface area contributed by atoms with E-state index in [1.54, 1.807) is 18.0 Å². The Kier molecular flexibility index (Phi) is 4.87. The maximum absolute atomic E-state index is 13.5. The molecule has 2 heterocycles. The van der Waals surface area contributed by atoms with Gasteiger partial charge in [-0.2, -0.15) is 5.10 Å². The third kappa shape index (κ3) is 3.71. The minimum atomic E-state index is -0.270. The number of ether oxygens (including phenoxy) is 1. The third-order valence-corrected chi connectivity index (χ3v) is 5.93. The highest BCUT2D eigenvalue weighted by molar-refractivity contribution is 6.08. The van der Waals surface area contributed by atoms with Crippen LogP contribution in [0.2, 0.25) is 0 Å². The summed E-state index contributed by atoms with van der Waals surface area (Å²) in [6, 6.07) is 22.7. The Bertz CT molecular complexity index is 1500. The van der Waals surface area contributed by atoms with Crippen LogP contribution >= 0.6 is 0 Å². The molecule has 2 aromatic heterocycles. The van der Waals surface area contributed by atoms with E-state index in [9.17, 15) is 4.79 Å². The van der Waals surface area contributed by atoms with Gasteiger partial charge in [-0.15, -0.1) is 0 Å². The van der Waals surface area contributed by atoms with Gasteiger partial charge in [0.15, 0.2) is 11.5 Å². The average Bonchev–Trinajstić information content (AvgIpc) is 3.49. The molecule has 1 amide bonds. The minimum Gasteiger partial charge on any atom is -0.496 e. The second-order valence-electron chi connectivity index (χ2n) is 8.33. The molecule has 0 aliphatic heterocycles. The standard InChI is InChI=1S/C27H22N4O3/c1-33-23-10-6-5-9-20(23)25-21(16-31(30-25)19-7-3-2-4-8-19)26(32)28-18-13-14-24-22(15-18)29-27(34-24)17-11-12-17/h2-10,13-17H,11-12H2,1H3,(H,28,32). The largest absolute Gasteiger partial charge is 0.496 e. The van der Waals surface area contributed by atoms with Crippen molar-refractivity contribution in [1.29, 1.82) is 0 Å². The summed E-state index contributed by atoms with van der Waals surface area (Å²) in [7, 11) is 1.61. The van der Waals surface area contributed by atoms with Crippen LogP contribution in [0.15, 0.2) is 83.4 Å². The van der Waals surface area contributed by atoms with E-state index in [0.717, 1.165) is 41.1 Å². The SMILES string of the molecule is COc1ccccc1-c1nn(-c2ccccc2)cc1C(=O)Nc1ccc2oc(C3CC3)nc2c1.